The van der Waals surface area contributed by atoms with E-state index in [0.29, 0.717) is 13.1 Å². The molecule has 7 heteroatoms. The Labute approximate surface area is 75.8 Å². The Kier molecular flexibility index (Phi) is 3.07. The minimum absolute atomic E-state index is 0.00116. The molecule has 0 saturated carbocycles. The van der Waals surface area contributed by atoms with E-state index < -0.39 is 15.7 Å². The summed E-state index contributed by atoms with van der Waals surface area (Å²) in [7, 11) is -2.38. The molecule has 1 heterocycles. The number of nitrogens with zero attached hydrogens (tertiary/aromatic N) is 1. The van der Waals surface area contributed by atoms with Crippen molar-refractivity contribution < 1.29 is 13.2 Å². The minimum Gasteiger partial charge on any atom is -0.309 e. The molecule has 0 atom stereocenters. The minimum atomic E-state index is -2.38. The topological polar surface area (TPSA) is 66.5 Å². The Morgan fingerprint density at radius 1 is 1.58 bits per heavy atom. The molecule has 1 aliphatic rings. The third kappa shape index (κ3) is 1.96. The lowest BCUT2D eigenvalue weighted by Gasteiger charge is -2.24. The third-order valence-corrected chi connectivity index (χ3v) is 2.45. The molecular formula is C5H7ClN2O3S. The Morgan fingerprint density at radius 3 is 2.67 bits per heavy atom. The molecule has 1 amide bonds. The number of piperazine rings is 1. The van der Waals surface area contributed by atoms with Gasteiger partial charge in [0.2, 0.25) is 10.3 Å². The molecule has 0 radical (unpaired) electrons. The maximum atomic E-state index is 10.7. The maximum Gasteiger partial charge on any atom is 0.321 e. The van der Waals surface area contributed by atoms with Crippen LogP contribution in [0.25, 0.3) is 0 Å². The van der Waals surface area contributed by atoms with Crippen LogP contribution >= 0.6 is 11.6 Å². The quantitative estimate of drug-likeness (QED) is 0.325. The van der Waals surface area contributed by atoms with E-state index in [4.69, 9.17) is 11.6 Å². The summed E-state index contributed by atoms with van der Waals surface area (Å²) in [5, 5.41) is 2.06. The smallest absolute Gasteiger partial charge is 0.309 e. The molecule has 12 heavy (non-hydrogen) atoms. The Hall–Kier alpha value is -0.590. The van der Waals surface area contributed by atoms with Crippen molar-refractivity contribution in [1.29, 1.82) is 0 Å². The van der Waals surface area contributed by atoms with Crippen molar-refractivity contribution in [3.05, 3.63) is 0 Å². The van der Waals surface area contributed by atoms with Gasteiger partial charge in [-0.2, -0.15) is 8.42 Å². The molecule has 1 rings (SSSR count). The van der Waals surface area contributed by atoms with Gasteiger partial charge < -0.3 is 5.32 Å². The highest BCUT2D eigenvalue weighted by atomic mass is 35.5. The van der Waals surface area contributed by atoms with Gasteiger partial charge in [0.25, 0.3) is 0 Å². The first-order valence-corrected chi connectivity index (χ1v) is 4.71. The molecule has 0 unspecified atom stereocenters. The molecular weight excluding hydrogens is 204 g/mol. The first kappa shape index (κ1) is 9.50. The van der Waals surface area contributed by atoms with Crippen molar-refractivity contribution in [2.24, 2.45) is 0 Å². The molecule has 68 valence electrons. The van der Waals surface area contributed by atoms with Crippen molar-refractivity contribution in [2.45, 2.75) is 0 Å². The van der Waals surface area contributed by atoms with Crippen LogP contribution in [0.5, 0.6) is 0 Å². The van der Waals surface area contributed by atoms with Crippen LogP contribution in [-0.4, -0.2) is 43.3 Å². The highest BCUT2D eigenvalue weighted by Gasteiger charge is 2.21. The molecule has 0 aromatic heterocycles. The van der Waals surface area contributed by atoms with E-state index in [2.05, 4.69) is 5.32 Å². The second kappa shape index (κ2) is 3.88. The van der Waals surface area contributed by atoms with Crippen LogP contribution in [0.1, 0.15) is 0 Å². The molecule has 1 aliphatic heterocycles. The van der Waals surface area contributed by atoms with E-state index in [1.54, 1.807) is 0 Å². The Balaban J connectivity index is 2.97. The van der Waals surface area contributed by atoms with Gasteiger partial charge in [-0.05, 0) is 11.6 Å². The summed E-state index contributed by atoms with van der Waals surface area (Å²) in [6, 6.07) is 0. The van der Waals surface area contributed by atoms with E-state index in [9.17, 15) is 13.2 Å². The molecule has 0 spiro atoms. The molecule has 5 nitrogen and oxygen atoms in total. The molecule has 0 aliphatic carbocycles. The summed E-state index contributed by atoms with van der Waals surface area (Å²) in [6.45, 7) is 1.01. The van der Waals surface area contributed by atoms with E-state index in [1.165, 1.54) is 0 Å². The van der Waals surface area contributed by atoms with Crippen LogP contribution in [0.4, 0.5) is 4.79 Å². The molecule has 1 N–H and O–H groups in total. The second-order valence-electron chi connectivity index (χ2n) is 2.21. The number of halogens is 1. The van der Waals surface area contributed by atoms with Crippen molar-refractivity contribution >= 4 is 32.2 Å². The number of hydrogen-bond acceptors (Lipinski definition) is 4. The van der Waals surface area contributed by atoms with Gasteiger partial charge in [-0.1, -0.05) is 0 Å². The number of carbonyl (C=O) groups is 1. The summed E-state index contributed by atoms with van der Waals surface area (Å²) in [5.74, 6) is 0. The predicted molar refractivity (Wildman–Crippen MR) is 44.8 cm³/mol. The summed E-state index contributed by atoms with van der Waals surface area (Å²) >= 11 is 5.16. The van der Waals surface area contributed by atoms with Crippen LogP contribution < -0.4 is 5.32 Å². The van der Waals surface area contributed by atoms with Gasteiger partial charge in [-0.3, -0.25) is 9.69 Å². The highest BCUT2D eigenvalue weighted by Crippen LogP contribution is 2.00. The summed E-state index contributed by atoms with van der Waals surface area (Å²) in [4.78, 5) is 11.7. The Morgan fingerprint density at radius 2 is 2.25 bits per heavy atom. The normalized spacial score (nSPS) is 17.8. The molecule has 0 aromatic rings. The molecule has 1 fully saturated rings. The first-order chi connectivity index (χ1) is 5.63. The van der Waals surface area contributed by atoms with E-state index in [1.807, 2.05) is 0 Å². The molecule has 0 aromatic carbocycles. The van der Waals surface area contributed by atoms with E-state index >= 15 is 0 Å². The average Bonchev–Trinajstić information content (AvgIpc) is 2.04. The largest absolute Gasteiger partial charge is 0.321 e. The zero-order valence-corrected chi connectivity index (χ0v) is 7.65. The molecule has 1 saturated heterocycles. The van der Waals surface area contributed by atoms with E-state index in [0.717, 1.165) is 4.90 Å². The van der Waals surface area contributed by atoms with E-state index in [-0.39, 0.29) is 11.5 Å². The van der Waals surface area contributed by atoms with Gasteiger partial charge in [0.1, 0.15) is 0 Å². The van der Waals surface area contributed by atoms with Crippen molar-refractivity contribution in [1.82, 2.24) is 10.2 Å². The van der Waals surface area contributed by atoms with Gasteiger partial charge in [0.15, 0.2) is 4.99 Å². The van der Waals surface area contributed by atoms with Gasteiger partial charge in [-0.15, -0.1) is 0 Å². The van der Waals surface area contributed by atoms with Crippen LogP contribution in [0.15, 0.2) is 0 Å². The SMILES string of the molecule is O=C(Cl)N1CCNCC1=S(=O)=O. The fraction of sp³-hybridized carbons (Fsp3) is 0.600. The lowest BCUT2D eigenvalue weighted by molar-refractivity contribution is 0.241. The van der Waals surface area contributed by atoms with Crippen LogP contribution in [0.2, 0.25) is 0 Å². The lowest BCUT2D eigenvalue weighted by Crippen LogP contribution is -2.49. The summed E-state index contributed by atoms with van der Waals surface area (Å²) < 4.78 is 21.1. The average molecular weight is 211 g/mol. The number of rotatable bonds is 0. The first-order valence-electron chi connectivity index (χ1n) is 3.25. The van der Waals surface area contributed by atoms with Crippen LogP contribution in [0.3, 0.4) is 0 Å². The summed E-state index contributed by atoms with van der Waals surface area (Å²) in [6.07, 6.45) is 0. The maximum absolute atomic E-state index is 10.7. The number of carbonyl (C=O) groups excluding carboxylic acids is 1. The zero-order valence-electron chi connectivity index (χ0n) is 6.08. The second-order valence-corrected chi connectivity index (χ2v) is 3.47. The van der Waals surface area contributed by atoms with Gasteiger partial charge >= 0.3 is 5.37 Å². The Bertz CT molecular complexity index is 316. The van der Waals surface area contributed by atoms with Crippen molar-refractivity contribution in [3.63, 3.8) is 0 Å². The fourth-order valence-corrected chi connectivity index (χ4v) is 1.75. The van der Waals surface area contributed by atoms with Gasteiger partial charge in [0, 0.05) is 13.1 Å². The number of hydrogen-bond donors (Lipinski definition) is 1. The summed E-state index contributed by atoms with van der Waals surface area (Å²) in [5.41, 5.74) is 0. The molecule has 0 bridgehead atoms. The van der Waals surface area contributed by atoms with Crippen molar-refractivity contribution in [2.75, 3.05) is 19.6 Å². The standard InChI is InChI=1S/C5H7ClN2O3S/c6-5(9)8-2-1-7-3-4(8)12(10)11/h7H,1-3H2. The van der Waals surface area contributed by atoms with Crippen LogP contribution in [0, 0.1) is 0 Å². The monoisotopic (exact) mass is 210 g/mol. The van der Waals surface area contributed by atoms with Crippen molar-refractivity contribution in [3.8, 4) is 0 Å². The number of amides is 1. The lowest BCUT2D eigenvalue weighted by atomic mass is 10.4. The zero-order chi connectivity index (χ0) is 9.14. The fourth-order valence-electron chi connectivity index (χ4n) is 0.941. The highest BCUT2D eigenvalue weighted by molar-refractivity contribution is 7.73. The van der Waals surface area contributed by atoms with Gasteiger partial charge in [-0.25, -0.2) is 0 Å². The number of nitrogens with one attached hydrogen (secondary N) is 1. The van der Waals surface area contributed by atoms with Gasteiger partial charge in [0.05, 0.1) is 6.54 Å². The predicted octanol–water partition coefficient (Wildman–Crippen LogP) is -0.741. The van der Waals surface area contributed by atoms with Crippen LogP contribution in [-0.2, 0) is 10.3 Å². The third-order valence-electron chi connectivity index (χ3n) is 1.49.